The smallest absolute Gasteiger partial charge is 0.317 e. The average Bonchev–Trinajstić information content (AvgIpc) is 2.38. The van der Waals surface area contributed by atoms with Crippen molar-refractivity contribution < 1.29 is 13.6 Å². The highest BCUT2D eigenvalue weighted by molar-refractivity contribution is 5.74. The van der Waals surface area contributed by atoms with Crippen molar-refractivity contribution in [3.05, 3.63) is 0 Å². The number of alkyl halides is 2. The summed E-state index contributed by atoms with van der Waals surface area (Å²) in [5, 5.41) is 2.91. The first kappa shape index (κ1) is 15.5. The highest BCUT2D eigenvalue weighted by atomic mass is 19.3. The minimum absolute atomic E-state index is 0.108. The molecule has 20 heavy (non-hydrogen) atoms. The van der Waals surface area contributed by atoms with E-state index < -0.39 is 12.5 Å². The van der Waals surface area contributed by atoms with Gasteiger partial charge in [0.2, 0.25) is 0 Å². The van der Waals surface area contributed by atoms with Crippen LogP contribution in [-0.4, -0.2) is 60.0 Å². The van der Waals surface area contributed by atoms with Gasteiger partial charge >= 0.3 is 6.03 Å². The third-order valence-electron chi connectivity index (χ3n) is 4.27. The molecule has 2 rings (SSSR count). The number of carbonyl (C=O) groups is 1. The minimum Gasteiger partial charge on any atom is -0.335 e. The van der Waals surface area contributed by atoms with Crippen LogP contribution in [0.5, 0.6) is 0 Å². The Kier molecular flexibility index (Phi) is 4.83. The maximum absolute atomic E-state index is 13.3. The first-order valence-electron chi connectivity index (χ1n) is 7.55. The molecule has 0 aliphatic carbocycles. The number of rotatable bonds is 2. The van der Waals surface area contributed by atoms with Crippen molar-refractivity contribution in [2.75, 3.05) is 26.2 Å². The Hall–Kier alpha value is -0.910. The summed E-state index contributed by atoms with van der Waals surface area (Å²) < 4.78 is 26.6. The monoisotopic (exact) mass is 289 g/mol. The second kappa shape index (κ2) is 6.24. The molecular formula is C14H25F2N3O. The van der Waals surface area contributed by atoms with E-state index in [0.29, 0.717) is 19.0 Å². The van der Waals surface area contributed by atoms with Crippen molar-refractivity contribution in [2.24, 2.45) is 0 Å². The van der Waals surface area contributed by atoms with Crippen molar-refractivity contribution in [1.29, 1.82) is 0 Å². The second-order valence-electron chi connectivity index (χ2n) is 6.23. The fraction of sp³-hybridized carbons (Fsp3) is 0.929. The number of likely N-dealkylation sites (tertiary alicyclic amines) is 2. The molecule has 2 aliphatic heterocycles. The topological polar surface area (TPSA) is 35.6 Å². The van der Waals surface area contributed by atoms with Gasteiger partial charge in [-0.25, -0.2) is 13.6 Å². The Morgan fingerprint density at radius 3 is 2.45 bits per heavy atom. The van der Waals surface area contributed by atoms with E-state index in [2.05, 4.69) is 24.1 Å². The zero-order valence-corrected chi connectivity index (χ0v) is 12.4. The van der Waals surface area contributed by atoms with E-state index in [-0.39, 0.29) is 18.5 Å². The summed E-state index contributed by atoms with van der Waals surface area (Å²) in [4.78, 5) is 15.7. The lowest BCUT2D eigenvalue weighted by Crippen LogP contribution is -2.54. The molecule has 6 heteroatoms. The van der Waals surface area contributed by atoms with E-state index in [9.17, 15) is 13.6 Å². The molecule has 0 unspecified atom stereocenters. The first-order chi connectivity index (χ1) is 9.37. The van der Waals surface area contributed by atoms with E-state index in [1.807, 2.05) is 0 Å². The predicted octanol–water partition coefficient (Wildman–Crippen LogP) is 2.30. The van der Waals surface area contributed by atoms with Gasteiger partial charge in [-0.1, -0.05) is 0 Å². The normalized spacial score (nSPS) is 24.9. The van der Waals surface area contributed by atoms with E-state index in [1.54, 1.807) is 0 Å². The number of halogens is 2. The zero-order chi connectivity index (χ0) is 14.8. The van der Waals surface area contributed by atoms with Crippen molar-refractivity contribution in [3.8, 4) is 0 Å². The minimum atomic E-state index is -2.73. The molecule has 0 saturated carbocycles. The van der Waals surface area contributed by atoms with Gasteiger partial charge < -0.3 is 15.1 Å². The fourth-order valence-corrected chi connectivity index (χ4v) is 2.97. The molecule has 2 saturated heterocycles. The van der Waals surface area contributed by atoms with Crippen LogP contribution in [0.25, 0.3) is 0 Å². The van der Waals surface area contributed by atoms with Crippen molar-refractivity contribution in [2.45, 2.75) is 57.5 Å². The molecular weight excluding hydrogens is 264 g/mol. The van der Waals surface area contributed by atoms with Crippen LogP contribution in [-0.2, 0) is 0 Å². The zero-order valence-electron chi connectivity index (χ0n) is 12.4. The Bertz CT molecular complexity index is 341. The van der Waals surface area contributed by atoms with Crippen LogP contribution >= 0.6 is 0 Å². The molecule has 0 bridgehead atoms. The van der Waals surface area contributed by atoms with E-state index in [4.69, 9.17) is 0 Å². The van der Waals surface area contributed by atoms with Crippen molar-refractivity contribution >= 4 is 6.03 Å². The molecule has 2 aliphatic rings. The van der Waals surface area contributed by atoms with Crippen LogP contribution in [0.1, 0.15) is 39.5 Å². The fourth-order valence-electron chi connectivity index (χ4n) is 2.97. The molecule has 2 heterocycles. The van der Waals surface area contributed by atoms with E-state index >= 15 is 0 Å². The summed E-state index contributed by atoms with van der Waals surface area (Å²) in [7, 11) is 0. The van der Waals surface area contributed by atoms with Crippen LogP contribution in [0.3, 0.4) is 0 Å². The van der Waals surface area contributed by atoms with Gasteiger partial charge in [0, 0.05) is 38.1 Å². The van der Waals surface area contributed by atoms with Gasteiger partial charge in [0.1, 0.15) is 0 Å². The average molecular weight is 289 g/mol. The SMILES string of the molecule is CC(C)N1CCC(NC(=O)N2CCCC(F)(F)C2)CC1. The Balaban J connectivity index is 1.78. The molecule has 116 valence electrons. The first-order valence-corrected chi connectivity index (χ1v) is 7.55. The predicted molar refractivity (Wildman–Crippen MR) is 74.0 cm³/mol. The third-order valence-corrected chi connectivity index (χ3v) is 4.27. The summed E-state index contributed by atoms with van der Waals surface area (Å²) in [6.45, 7) is 6.23. The maximum atomic E-state index is 13.3. The number of amides is 2. The van der Waals surface area contributed by atoms with Crippen molar-refractivity contribution in [3.63, 3.8) is 0 Å². The maximum Gasteiger partial charge on any atom is 0.317 e. The summed E-state index contributed by atoms with van der Waals surface area (Å²) in [5.74, 6) is -2.73. The number of carbonyl (C=O) groups excluding carboxylic acids is 1. The molecule has 2 fully saturated rings. The molecule has 0 radical (unpaired) electrons. The van der Waals surface area contributed by atoms with Crippen LogP contribution < -0.4 is 5.32 Å². The Labute approximate surface area is 119 Å². The molecule has 4 nitrogen and oxygen atoms in total. The molecule has 0 spiro atoms. The van der Waals surface area contributed by atoms with Gasteiger partial charge in [-0.3, -0.25) is 0 Å². The van der Waals surface area contributed by atoms with Gasteiger partial charge in [0.05, 0.1) is 6.54 Å². The number of hydrogen-bond donors (Lipinski definition) is 1. The second-order valence-corrected chi connectivity index (χ2v) is 6.23. The van der Waals surface area contributed by atoms with Crippen LogP contribution in [0.4, 0.5) is 13.6 Å². The van der Waals surface area contributed by atoms with Gasteiger partial charge in [0.25, 0.3) is 5.92 Å². The molecule has 0 aromatic carbocycles. The van der Waals surface area contributed by atoms with Crippen LogP contribution in [0.2, 0.25) is 0 Å². The number of nitrogens with one attached hydrogen (secondary N) is 1. The lowest BCUT2D eigenvalue weighted by molar-refractivity contribution is -0.0527. The number of urea groups is 1. The molecule has 1 N–H and O–H groups in total. The molecule has 0 atom stereocenters. The lowest BCUT2D eigenvalue weighted by atomic mass is 10.0. The quantitative estimate of drug-likeness (QED) is 0.846. The number of piperidine rings is 2. The van der Waals surface area contributed by atoms with Gasteiger partial charge in [-0.05, 0) is 33.1 Å². The van der Waals surface area contributed by atoms with Crippen molar-refractivity contribution in [1.82, 2.24) is 15.1 Å². The van der Waals surface area contributed by atoms with Crippen LogP contribution in [0, 0.1) is 0 Å². The third kappa shape index (κ3) is 4.04. The molecule has 2 amide bonds. The van der Waals surface area contributed by atoms with Gasteiger partial charge in [-0.2, -0.15) is 0 Å². The number of nitrogens with zero attached hydrogens (tertiary/aromatic N) is 2. The number of hydrogen-bond acceptors (Lipinski definition) is 2. The van der Waals surface area contributed by atoms with Gasteiger partial charge in [0.15, 0.2) is 0 Å². The summed E-state index contributed by atoms with van der Waals surface area (Å²) in [6.07, 6.45) is 2.07. The van der Waals surface area contributed by atoms with Gasteiger partial charge in [-0.15, -0.1) is 0 Å². The van der Waals surface area contributed by atoms with E-state index in [0.717, 1.165) is 25.9 Å². The van der Waals surface area contributed by atoms with E-state index in [1.165, 1.54) is 4.90 Å². The largest absolute Gasteiger partial charge is 0.335 e. The highest BCUT2D eigenvalue weighted by Gasteiger charge is 2.37. The van der Waals surface area contributed by atoms with Crippen LogP contribution in [0.15, 0.2) is 0 Å². The molecule has 0 aromatic heterocycles. The standard InChI is InChI=1S/C14H25F2N3O/c1-11(2)18-8-4-12(5-9-18)17-13(20)19-7-3-6-14(15,16)10-19/h11-12H,3-10H2,1-2H3,(H,17,20). The highest BCUT2D eigenvalue weighted by Crippen LogP contribution is 2.26. The summed E-state index contributed by atoms with van der Waals surface area (Å²) >= 11 is 0. The molecule has 0 aromatic rings. The summed E-state index contributed by atoms with van der Waals surface area (Å²) in [6, 6.07) is 0.313. The lowest BCUT2D eigenvalue weighted by Gasteiger charge is -2.37. The summed E-state index contributed by atoms with van der Waals surface area (Å²) in [5.41, 5.74) is 0. The Morgan fingerprint density at radius 1 is 1.25 bits per heavy atom. The Morgan fingerprint density at radius 2 is 1.90 bits per heavy atom.